The SMILES string of the molecule is O=C1c2ccccc2S(=O)(=O)N1CCSc1ncnc2c1cnn2-c1ccccc1. The zero-order chi connectivity index (χ0) is 20.7. The highest BCUT2D eigenvalue weighted by atomic mass is 32.2. The fourth-order valence-corrected chi connectivity index (χ4v) is 5.95. The van der Waals surface area contributed by atoms with Gasteiger partial charge in [-0.25, -0.2) is 27.4 Å². The van der Waals surface area contributed by atoms with E-state index < -0.39 is 15.9 Å². The van der Waals surface area contributed by atoms with Gasteiger partial charge in [-0.05, 0) is 24.3 Å². The monoisotopic (exact) mass is 437 g/mol. The summed E-state index contributed by atoms with van der Waals surface area (Å²) in [5.41, 5.74) is 1.76. The molecule has 10 heteroatoms. The van der Waals surface area contributed by atoms with Crippen molar-refractivity contribution in [2.75, 3.05) is 12.3 Å². The van der Waals surface area contributed by atoms with E-state index in [1.165, 1.54) is 30.2 Å². The average Bonchev–Trinajstić information content (AvgIpc) is 3.28. The number of amides is 1. The number of rotatable bonds is 5. The van der Waals surface area contributed by atoms with E-state index in [0.717, 1.165) is 15.4 Å². The second-order valence-corrected chi connectivity index (χ2v) is 9.45. The molecule has 0 radical (unpaired) electrons. The van der Waals surface area contributed by atoms with E-state index in [9.17, 15) is 13.2 Å². The lowest BCUT2D eigenvalue weighted by molar-refractivity contribution is 0.0876. The summed E-state index contributed by atoms with van der Waals surface area (Å²) >= 11 is 1.36. The third kappa shape index (κ3) is 2.96. The van der Waals surface area contributed by atoms with Crippen LogP contribution in [0, 0.1) is 0 Å². The van der Waals surface area contributed by atoms with Crippen molar-refractivity contribution >= 4 is 38.7 Å². The molecule has 30 heavy (non-hydrogen) atoms. The molecule has 0 saturated heterocycles. The quantitative estimate of drug-likeness (QED) is 0.350. The van der Waals surface area contributed by atoms with Crippen LogP contribution in [0.1, 0.15) is 10.4 Å². The molecule has 4 aromatic rings. The van der Waals surface area contributed by atoms with Crippen molar-refractivity contribution < 1.29 is 13.2 Å². The Morgan fingerprint density at radius 3 is 2.53 bits per heavy atom. The number of para-hydroxylation sites is 1. The van der Waals surface area contributed by atoms with Crippen LogP contribution < -0.4 is 0 Å². The van der Waals surface area contributed by atoms with Gasteiger partial charge in [-0.2, -0.15) is 5.10 Å². The van der Waals surface area contributed by atoms with Crippen LogP contribution in [0.4, 0.5) is 0 Å². The van der Waals surface area contributed by atoms with Gasteiger partial charge in [-0.15, -0.1) is 11.8 Å². The third-order valence-corrected chi connectivity index (χ3v) is 7.60. The molecule has 2 aromatic heterocycles. The molecular weight excluding hydrogens is 422 g/mol. The fraction of sp³-hybridized carbons (Fsp3) is 0.100. The van der Waals surface area contributed by atoms with Crippen LogP contribution in [0.3, 0.4) is 0 Å². The first-order valence-electron chi connectivity index (χ1n) is 9.10. The molecule has 0 bridgehead atoms. The first-order valence-corrected chi connectivity index (χ1v) is 11.5. The van der Waals surface area contributed by atoms with E-state index in [1.54, 1.807) is 23.0 Å². The fourth-order valence-electron chi connectivity index (χ4n) is 3.37. The zero-order valence-electron chi connectivity index (χ0n) is 15.5. The average molecular weight is 438 g/mol. The number of benzene rings is 2. The molecule has 0 fully saturated rings. The van der Waals surface area contributed by atoms with Gasteiger partial charge in [0, 0.05) is 12.3 Å². The first-order chi connectivity index (χ1) is 14.6. The molecule has 0 aliphatic carbocycles. The summed E-state index contributed by atoms with van der Waals surface area (Å²) < 4.78 is 28.0. The Labute approximate surface area is 176 Å². The topological polar surface area (TPSA) is 98.1 Å². The Morgan fingerprint density at radius 2 is 1.73 bits per heavy atom. The molecule has 150 valence electrons. The predicted octanol–water partition coefficient (Wildman–Crippen LogP) is 2.75. The van der Waals surface area contributed by atoms with E-state index in [-0.39, 0.29) is 17.0 Å². The highest BCUT2D eigenvalue weighted by Gasteiger charge is 2.40. The number of hydrogen-bond acceptors (Lipinski definition) is 7. The lowest BCUT2D eigenvalue weighted by atomic mass is 10.2. The Morgan fingerprint density at radius 1 is 0.967 bits per heavy atom. The Hall–Kier alpha value is -3.24. The predicted molar refractivity (Wildman–Crippen MR) is 112 cm³/mol. The molecule has 0 unspecified atom stereocenters. The van der Waals surface area contributed by atoms with Gasteiger partial charge >= 0.3 is 0 Å². The van der Waals surface area contributed by atoms with Crippen LogP contribution in [0.2, 0.25) is 0 Å². The van der Waals surface area contributed by atoms with Crippen LogP contribution in [-0.4, -0.2) is 50.7 Å². The second-order valence-electron chi connectivity index (χ2n) is 6.53. The maximum Gasteiger partial charge on any atom is 0.269 e. The number of nitrogens with zero attached hydrogens (tertiary/aromatic N) is 5. The smallest absolute Gasteiger partial charge is 0.268 e. The highest BCUT2D eigenvalue weighted by Crippen LogP contribution is 2.31. The zero-order valence-corrected chi connectivity index (χ0v) is 17.2. The Balaban J connectivity index is 1.37. The normalized spacial score (nSPS) is 14.9. The van der Waals surface area contributed by atoms with Crippen molar-refractivity contribution in [1.29, 1.82) is 0 Å². The van der Waals surface area contributed by atoms with E-state index >= 15 is 0 Å². The molecule has 1 amide bonds. The number of hydrogen-bond donors (Lipinski definition) is 0. The van der Waals surface area contributed by atoms with E-state index in [0.29, 0.717) is 16.4 Å². The summed E-state index contributed by atoms with van der Waals surface area (Å²) in [4.78, 5) is 21.2. The molecule has 0 saturated carbocycles. The van der Waals surface area contributed by atoms with Crippen LogP contribution >= 0.6 is 11.8 Å². The minimum Gasteiger partial charge on any atom is -0.268 e. The van der Waals surface area contributed by atoms with Crippen molar-refractivity contribution in [3.05, 3.63) is 72.7 Å². The lowest BCUT2D eigenvalue weighted by Crippen LogP contribution is -2.32. The van der Waals surface area contributed by atoms with Crippen molar-refractivity contribution in [2.24, 2.45) is 0 Å². The summed E-state index contributed by atoms with van der Waals surface area (Å²) in [5.74, 6) is -0.127. The molecule has 1 aliphatic heterocycles. The van der Waals surface area contributed by atoms with Gasteiger partial charge < -0.3 is 0 Å². The van der Waals surface area contributed by atoms with Crippen LogP contribution in [-0.2, 0) is 10.0 Å². The number of carbonyl (C=O) groups is 1. The van der Waals surface area contributed by atoms with Gasteiger partial charge in [0.1, 0.15) is 16.2 Å². The molecule has 1 aliphatic rings. The number of fused-ring (bicyclic) bond motifs is 2. The van der Waals surface area contributed by atoms with Crippen molar-refractivity contribution in [1.82, 2.24) is 24.1 Å². The second kappa shape index (κ2) is 7.22. The maximum atomic E-state index is 12.7. The maximum absolute atomic E-state index is 12.7. The molecule has 2 aromatic carbocycles. The number of carbonyl (C=O) groups excluding carboxylic acids is 1. The van der Waals surface area contributed by atoms with Crippen molar-refractivity contribution in [3.63, 3.8) is 0 Å². The summed E-state index contributed by atoms with van der Waals surface area (Å²) in [6.45, 7) is 0.0544. The molecule has 0 N–H and O–H groups in total. The highest BCUT2D eigenvalue weighted by molar-refractivity contribution is 7.99. The minimum absolute atomic E-state index is 0.0544. The molecule has 3 heterocycles. The van der Waals surface area contributed by atoms with E-state index in [2.05, 4.69) is 15.1 Å². The molecule has 0 spiro atoms. The Bertz CT molecular complexity index is 1370. The van der Waals surface area contributed by atoms with Crippen molar-refractivity contribution in [3.8, 4) is 5.69 Å². The summed E-state index contributed by atoms with van der Waals surface area (Å²) in [6.07, 6.45) is 3.15. The molecule has 8 nitrogen and oxygen atoms in total. The third-order valence-electron chi connectivity index (χ3n) is 4.78. The van der Waals surface area contributed by atoms with Gasteiger partial charge in [0.25, 0.3) is 15.9 Å². The number of sulfonamides is 1. The van der Waals surface area contributed by atoms with Crippen LogP contribution in [0.15, 0.2) is 77.0 Å². The summed E-state index contributed by atoms with van der Waals surface area (Å²) in [6, 6.07) is 15.9. The first kappa shape index (κ1) is 18.8. The standard InChI is InChI=1S/C20H15N5O3S2/c26-20-15-8-4-5-9-17(15)30(27,28)24(20)10-11-29-19-16-12-23-25(18(16)21-13-22-19)14-6-2-1-3-7-14/h1-9,12-13H,10-11H2. The minimum atomic E-state index is -3.80. The summed E-state index contributed by atoms with van der Waals surface area (Å²) in [7, 11) is -3.80. The molecule has 0 atom stereocenters. The van der Waals surface area contributed by atoms with Crippen molar-refractivity contribution in [2.45, 2.75) is 9.92 Å². The molecular formula is C20H15N5O3S2. The van der Waals surface area contributed by atoms with Gasteiger partial charge in [0.15, 0.2) is 5.65 Å². The van der Waals surface area contributed by atoms with Gasteiger partial charge in [-0.3, -0.25) is 4.79 Å². The summed E-state index contributed by atoms with van der Waals surface area (Å²) in [5, 5.41) is 5.87. The lowest BCUT2D eigenvalue weighted by Gasteiger charge is -2.14. The van der Waals surface area contributed by atoms with Gasteiger partial charge in [0.05, 0.1) is 22.8 Å². The van der Waals surface area contributed by atoms with Crippen LogP contribution in [0.25, 0.3) is 16.7 Å². The van der Waals surface area contributed by atoms with E-state index in [4.69, 9.17) is 0 Å². The number of aromatic nitrogens is 4. The van der Waals surface area contributed by atoms with Gasteiger partial charge in [-0.1, -0.05) is 30.3 Å². The van der Waals surface area contributed by atoms with E-state index in [1.807, 2.05) is 30.3 Å². The number of thioether (sulfide) groups is 1. The molecule has 5 rings (SSSR count). The Kier molecular flexibility index (Phi) is 4.52. The van der Waals surface area contributed by atoms with Gasteiger partial charge in [0.2, 0.25) is 0 Å². The van der Waals surface area contributed by atoms with Crippen LogP contribution in [0.5, 0.6) is 0 Å². The largest absolute Gasteiger partial charge is 0.269 e.